The summed E-state index contributed by atoms with van der Waals surface area (Å²) in [6.07, 6.45) is 1.57. The molecule has 8 heteroatoms. The van der Waals surface area contributed by atoms with Crippen molar-refractivity contribution in [2.75, 3.05) is 6.61 Å². The third-order valence-electron chi connectivity index (χ3n) is 5.00. The molecule has 0 saturated heterocycles. The molecule has 152 valence electrons. The fraction of sp³-hybridized carbons (Fsp3) is 0.227. The minimum Gasteiger partial charge on any atom is -0.494 e. The Morgan fingerprint density at radius 3 is 2.90 bits per heavy atom. The zero-order valence-electron chi connectivity index (χ0n) is 16.3. The second kappa shape index (κ2) is 7.72. The first-order chi connectivity index (χ1) is 14.7. The summed E-state index contributed by atoms with van der Waals surface area (Å²) in [5.74, 6) is 1.29. The number of hydrogen-bond donors (Lipinski definition) is 0. The molecule has 7 nitrogen and oxygen atoms in total. The van der Waals surface area contributed by atoms with Crippen LogP contribution < -0.4 is 4.74 Å². The van der Waals surface area contributed by atoms with Crippen molar-refractivity contribution in [2.24, 2.45) is 0 Å². The van der Waals surface area contributed by atoms with Crippen LogP contribution in [-0.4, -0.2) is 26.3 Å². The third kappa shape index (κ3) is 3.46. The Labute approximate surface area is 172 Å². The number of rotatable bonds is 5. The van der Waals surface area contributed by atoms with Crippen LogP contribution in [0.3, 0.4) is 0 Å². The Kier molecular flexibility index (Phi) is 4.76. The molecule has 0 radical (unpaired) electrons. The van der Waals surface area contributed by atoms with E-state index in [0.29, 0.717) is 37.2 Å². The van der Waals surface area contributed by atoms with E-state index in [0.717, 1.165) is 22.6 Å². The van der Waals surface area contributed by atoms with E-state index in [2.05, 4.69) is 15.1 Å². The number of fused-ring (bicyclic) bond motifs is 1. The highest BCUT2D eigenvalue weighted by Gasteiger charge is 2.26. The number of ether oxygens (including phenoxy) is 2. The number of nitrogens with zero attached hydrogens (tertiary/aromatic N) is 4. The maximum absolute atomic E-state index is 13.2. The molecule has 0 bridgehead atoms. The number of imidazole rings is 1. The zero-order valence-corrected chi connectivity index (χ0v) is 16.3. The summed E-state index contributed by atoms with van der Waals surface area (Å²) in [6.45, 7) is 3.44. The largest absolute Gasteiger partial charge is 0.494 e. The number of benzene rings is 2. The van der Waals surface area contributed by atoms with Gasteiger partial charge in [0.05, 0.1) is 31.8 Å². The van der Waals surface area contributed by atoms with Crippen LogP contribution in [0.15, 0.2) is 59.4 Å². The predicted octanol–water partition coefficient (Wildman–Crippen LogP) is 4.41. The first-order valence-electron chi connectivity index (χ1n) is 9.69. The van der Waals surface area contributed by atoms with E-state index in [1.807, 2.05) is 35.8 Å². The standard InChI is InChI=1S/C22H19FN4O3/c1-2-28-17-5-3-4-15(10-17)21-25-22(30-26-21)20-18-12-29-19(11-27(18)13-24-20)14-6-8-16(23)9-7-14/h3-10,13,19H,2,11-12H2,1H3/t19-/m1/s1. The van der Waals surface area contributed by atoms with Gasteiger partial charge in [-0.3, -0.25) is 0 Å². The van der Waals surface area contributed by atoms with Gasteiger partial charge in [0.1, 0.15) is 17.7 Å². The summed E-state index contributed by atoms with van der Waals surface area (Å²) in [5.41, 5.74) is 3.20. The van der Waals surface area contributed by atoms with Gasteiger partial charge in [-0.25, -0.2) is 9.37 Å². The second-order valence-corrected chi connectivity index (χ2v) is 6.93. The van der Waals surface area contributed by atoms with E-state index in [1.54, 1.807) is 18.5 Å². The molecule has 3 heterocycles. The van der Waals surface area contributed by atoms with Crippen LogP contribution in [0.1, 0.15) is 24.3 Å². The lowest BCUT2D eigenvalue weighted by atomic mass is 10.1. The van der Waals surface area contributed by atoms with Gasteiger partial charge in [-0.15, -0.1) is 0 Å². The zero-order chi connectivity index (χ0) is 20.5. The van der Waals surface area contributed by atoms with Gasteiger partial charge in [0, 0.05) is 5.56 Å². The minimum atomic E-state index is -0.265. The Morgan fingerprint density at radius 2 is 2.07 bits per heavy atom. The summed E-state index contributed by atoms with van der Waals surface area (Å²) in [4.78, 5) is 8.98. The van der Waals surface area contributed by atoms with Crippen LogP contribution in [0, 0.1) is 5.82 Å². The third-order valence-corrected chi connectivity index (χ3v) is 5.00. The van der Waals surface area contributed by atoms with Crippen LogP contribution in [0.5, 0.6) is 5.75 Å². The molecule has 2 aromatic heterocycles. The Balaban J connectivity index is 1.39. The average Bonchev–Trinajstić information content (AvgIpc) is 3.41. The minimum absolute atomic E-state index is 0.167. The molecule has 2 aromatic carbocycles. The van der Waals surface area contributed by atoms with Crippen molar-refractivity contribution in [3.63, 3.8) is 0 Å². The molecule has 30 heavy (non-hydrogen) atoms. The fourth-order valence-corrected chi connectivity index (χ4v) is 3.51. The summed E-state index contributed by atoms with van der Waals surface area (Å²) in [7, 11) is 0. The van der Waals surface area contributed by atoms with Crippen molar-refractivity contribution >= 4 is 0 Å². The smallest absolute Gasteiger partial charge is 0.278 e. The first-order valence-corrected chi connectivity index (χ1v) is 9.69. The highest BCUT2D eigenvalue weighted by molar-refractivity contribution is 5.60. The highest BCUT2D eigenvalue weighted by atomic mass is 19.1. The van der Waals surface area contributed by atoms with E-state index in [9.17, 15) is 4.39 Å². The lowest BCUT2D eigenvalue weighted by molar-refractivity contribution is 0.00326. The Hall–Kier alpha value is -3.52. The van der Waals surface area contributed by atoms with Crippen molar-refractivity contribution < 1.29 is 18.4 Å². The van der Waals surface area contributed by atoms with Gasteiger partial charge in [0.2, 0.25) is 5.82 Å². The average molecular weight is 406 g/mol. The second-order valence-electron chi connectivity index (χ2n) is 6.93. The van der Waals surface area contributed by atoms with Crippen LogP contribution in [0.25, 0.3) is 23.0 Å². The SMILES string of the molecule is CCOc1cccc(-c2noc(-c3ncn4c3CO[C@@H](c3ccc(F)cc3)C4)n2)c1. The van der Waals surface area contributed by atoms with Gasteiger partial charge >= 0.3 is 0 Å². The lowest BCUT2D eigenvalue weighted by Gasteiger charge is -2.25. The molecule has 5 rings (SSSR count). The van der Waals surface area contributed by atoms with Crippen molar-refractivity contribution in [1.82, 2.24) is 19.7 Å². The number of aromatic nitrogens is 4. The van der Waals surface area contributed by atoms with Crippen LogP contribution in [0.4, 0.5) is 4.39 Å². The number of halogens is 1. The van der Waals surface area contributed by atoms with Crippen molar-refractivity contribution in [3.8, 4) is 28.7 Å². The summed E-state index contributed by atoms with van der Waals surface area (Å²) in [5, 5.41) is 4.10. The van der Waals surface area contributed by atoms with E-state index < -0.39 is 0 Å². The molecule has 1 aliphatic heterocycles. The van der Waals surface area contributed by atoms with Gasteiger partial charge in [-0.05, 0) is 36.8 Å². The normalized spacial score (nSPS) is 15.7. The molecule has 1 atom stereocenters. The molecule has 1 aliphatic rings. The number of hydrogen-bond acceptors (Lipinski definition) is 6. The molecule has 0 spiro atoms. The van der Waals surface area contributed by atoms with E-state index in [4.69, 9.17) is 14.0 Å². The molecular weight excluding hydrogens is 387 g/mol. The fourth-order valence-electron chi connectivity index (χ4n) is 3.51. The maximum Gasteiger partial charge on any atom is 0.278 e. The van der Waals surface area contributed by atoms with E-state index >= 15 is 0 Å². The van der Waals surface area contributed by atoms with E-state index in [-0.39, 0.29) is 11.9 Å². The molecule has 0 amide bonds. The van der Waals surface area contributed by atoms with Gasteiger partial charge < -0.3 is 18.6 Å². The monoisotopic (exact) mass is 406 g/mol. The predicted molar refractivity (Wildman–Crippen MR) is 106 cm³/mol. The first kappa shape index (κ1) is 18.5. The lowest BCUT2D eigenvalue weighted by Crippen LogP contribution is -2.20. The van der Waals surface area contributed by atoms with Gasteiger partial charge in [0.15, 0.2) is 5.69 Å². The van der Waals surface area contributed by atoms with Crippen LogP contribution in [0.2, 0.25) is 0 Å². The van der Waals surface area contributed by atoms with Crippen molar-refractivity contribution in [2.45, 2.75) is 26.2 Å². The topological polar surface area (TPSA) is 75.2 Å². The molecule has 0 fully saturated rings. The van der Waals surface area contributed by atoms with Crippen molar-refractivity contribution in [3.05, 3.63) is 71.9 Å². The molecule has 0 N–H and O–H groups in total. The summed E-state index contributed by atoms with van der Waals surface area (Å²) in [6, 6.07) is 13.9. The summed E-state index contributed by atoms with van der Waals surface area (Å²) >= 11 is 0. The van der Waals surface area contributed by atoms with Crippen LogP contribution >= 0.6 is 0 Å². The van der Waals surface area contributed by atoms with Gasteiger partial charge in [-0.2, -0.15) is 4.98 Å². The molecular formula is C22H19FN4O3. The van der Waals surface area contributed by atoms with Crippen molar-refractivity contribution in [1.29, 1.82) is 0 Å². The van der Waals surface area contributed by atoms with Gasteiger partial charge in [-0.1, -0.05) is 29.4 Å². The summed E-state index contributed by atoms with van der Waals surface area (Å²) < 4.78 is 32.2. The quantitative estimate of drug-likeness (QED) is 0.489. The molecule has 0 unspecified atom stereocenters. The Morgan fingerprint density at radius 1 is 1.20 bits per heavy atom. The maximum atomic E-state index is 13.2. The highest BCUT2D eigenvalue weighted by Crippen LogP contribution is 2.32. The van der Waals surface area contributed by atoms with Gasteiger partial charge in [0.25, 0.3) is 5.89 Å². The molecule has 0 saturated carbocycles. The molecule has 0 aliphatic carbocycles. The van der Waals surface area contributed by atoms with Crippen LogP contribution in [-0.2, 0) is 17.9 Å². The molecule has 4 aromatic rings. The Bertz CT molecular complexity index is 1170. The van der Waals surface area contributed by atoms with E-state index in [1.165, 1.54) is 12.1 Å².